The Labute approximate surface area is 282 Å². The fourth-order valence-electron chi connectivity index (χ4n) is 9.83. The molecule has 0 amide bonds. The zero-order valence-corrected chi connectivity index (χ0v) is 27.6. The summed E-state index contributed by atoms with van der Waals surface area (Å²) in [4.78, 5) is 0. The Kier molecular flexibility index (Phi) is 6.99. The van der Waals surface area contributed by atoms with E-state index in [9.17, 15) is 0 Å². The van der Waals surface area contributed by atoms with Gasteiger partial charge in [0.2, 0.25) is 0 Å². The van der Waals surface area contributed by atoms with Gasteiger partial charge in [-0.15, -0.1) is 0 Å². The van der Waals surface area contributed by atoms with Crippen LogP contribution in [-0.4, -0.2) is 4.23 Å². The molecule has 223 valence electrons. The van der Waals surface area contributed by atoms with E-state index in [1.807, 2.05) is 0 Å². The van der Waals surface area contributed by atoms with Crippen molar-refractivity contribution in [1.82, 2.24) is 0 Å². The molecule has 0 aromatic heterocycles. The van der Waals surface area contributed by atoms with Gasteiger partial charge in [-0.2, -0.15) is 0 Å². The maximum absolute atomic E-state index is 4.54. The van der Waals surface area contributed by atoms with E-state index >= 15 is 0 Å². The molecule has 1 saturated carbocycles. The van der Waals surface area contributed by atoms with Crippen LogP contribution in [0.1, 0.15) is 70.4 Å². The second-order valence-electron chi connectivity index (χ2n) is 13.9. The minimum absolute atomic E-state index is 0.411. The first kappa shape index (κ1) is 28.3. The summed E-state index contributed by atoms with van der Waals surface area (Å²) in [5, 5.41) is 0. The van der Waals surface area contributed by atoms with E-state index in [1.54, 1.807) is 16.7 Å². The molecule has 0 spiro atoms. The third-order valence-corrected chi connectivity index (χ3v) is 12.4. The Morgan fingerprint density at radius 2 is 1.24 bits per heavy atom. The van der Waals surface area contributed by atoms with Crippen molar-refractivity contribution >= 4 is 4.23 Å². The van der Waals surface area contributed by atoms with E-state index in [2.05, 4.69) is 151 Å². The topological polar surface area (TPSA) is 0 Å². The Morgan fingerprint density at radius 3 is 2.02 bits per heavy atom. The molecular weight excluding hydrogens is 591 g/mol. The molecular formula is C45H38V. The van der Waals surface area contributed by atoms with Crippen LogP contribution in [0, 0.1) is 11.8 Å². The molecule has 0 nitrogen and oxygen atoms in total. The van der Waals surface area contributed by atoms with E-state index in [4.69, 9.17) is 0 Å². The predicted octanol–water partition coefficient (Wildman–Crippen LogP) is 10.8. The summed E-state index contributed by atoms with van der Waals surface area (Å²) < 4.78 is 1.51. The van der Waals surface area contributed by atoms with Crippen LogP contribution in [-0.2, 0) is 29.8 Å². The summed E-state index contributed by atoms with van der Waals surface area (Å²) in [6, 6.07) is 45.8. The molecule has 0 radical (unpaired) electrons. The van der Waals surface area contributed by atoms with Gasteiger partial charge in [0.05, 0.1) is 0 Å². The standard InChI is InChI=1S/C45H38.V/c1-29(25-30-13-3-2-4-14-30)26-31-27-32-15-5-6-16-33(32)42(28-31)36-21-11-22-40(36)43-37-19-9-7-17-34(37)38-23-12-24-39-35-18-8-10-20-41(35)45(43)44(38)39;/h2-10,12-20,23-24,26,36,40,42-43,45H,1,11,21-22,25,27H2;. The van der Waals surface area contributed by atoms with Crippen LogP contribution in [0.15, 0.2) is 145 Å². The molecule has 0 saturated heterocycles. The van der Waals surface area contributed by atoms with Crippen molar-refractivity contribution in [1.29, 1.82) is 0 Å². The first-order chi connectivity index (χ1) is 22.7. The molecule has 0 N–H and O–H groups in total. The third kappa shape index (κ3) is 4.45. The summed E-state index contributed by atoms with van der Waals surface area (Å²) in [6.07, 6.45) is 8.17. The average Bonchev–Trinajstić information content (AvgIpc) is 3.70. The van der Waals surface area contributed by atoms with Gasteiger partial charge in [0, 0.05) is 0 Å². The quantitative estimate of drug-likeness (QED) is 0.181. The van der Waals surface area contributed by atoms with E-state index in [0.717, 1.165) is 12.8 Å². The zero-order chi connectivity index (χ0) is 30.8. The van der Waals surface area contributed by atoms with Crippen molar-refractivity contribution in [2.45, 2.75) is 49.9 Å². The molecule has 5 unspecified atom stereocenters. The maximum atomic E-state index is 4.54. The number of benzene rings is 5. The Morgan fingerprint density at radius 1 is 0.630 bits per heavy atom. The van der Waals surface area contributed by atoms with Crippen LogP contribution in [0.5, 0.6) is 0 Å². The molecule has 1 heteroatoms. The summed E-state index contributed by atoms with van der Waals surface area (Å²) in [7, 11) is 0. The number of hydrogen-bond acceptors (Lipinski definition) is 0. The summed E-state index contributed by atoms with van der Waals surface area (Å²) in [5.74, 6) is 2.48. The van der Waals surface area contributed by atoms with E-state index < -0.39 is 0 Å². The number of rotatable bonds is 5. The molecule has 5 aromatic carbocycles. The number of hydrogen-bond donors (Lipinski definition) is 0. The van der Waals surface area contributed by atoms with Crippen molar-refractivity contribution in [2.24, 2.45) is 11.8 Å². The second kappa shape index (κ2) is 11.4. The Balaban J connectivity index is 1.15. The molecule has 0 bridgehead atoms. The van der Waals surface area contributed by atoms with Gasteiger partial charge in [0.25, 0.3) is 0 Å². The van der Waals surface area contributed by atoms with E-state index in [-0.39, 0.29) is 0 Å². The average molecular weight is 630 g/mol. The third-order valence-electron chi connectivity index (χ3n) is 11.5. The van der Waals surface area contributed by atoms with Crippen LogP contribution in [0.3, 0.4) is 0 Å². The van der Waals surface area contributed by atoms with Crippen molar-refractivity contribution in [2.75, 3.05) is 0 Å². The van der Waals surface area contributed by atoms with Crippen LogP contribution in [0.2, 0.25) is 0 Å². The number of fused-ring (bicyclic) bond motifs is 6. The first-order valence-corrected chi connectivity index (χ1v) is 17.7. The van der Waals surface area contributed by atoms with Gasteiger partial charge < -0.3 is 0 Å². The Hall–Kier alpha value is -3.97. The fourth-order valence-corrected chi connectivity index (χ4v) is 10.6. The normalized spacial score (nSPS) is 24.6. The molecule has 5 atom stereocenters. The first-order valence-electron chi connectivity index (χ1n) is 17.0. The zero-order valence-electron chi connectivity index (χ0n) is 26.2. The summed E-state index contributed by atoms with van der Waals surface area (Å²) >= 11 is 3.07. The fraction of sp³-hybridized carbons (Fsp3) is 0.222. The van der Waals surface area contributed by atoms with Crippen molar-refractivity contribution in [3.63, 3.8) is 0 Å². The number of allylic oxidation sites excluding steroid dienone is 3. The van der Waals surface area contributed by atoms with Crippen LogP contribution in [0.4, 0.5) is 0 Å². The van der Waals surface area contributed by atoms with Gasteiger partial charge in [0.1, 0.15) is 0 Å². The Bertz CT molecular complexity index is 2050. The SMILES string of the molecule is C=C(C=C1Cc2ccccc2C(C2CCCC2C2c3ccccc3-c3cccc4c3C2c2ccccc2-4)[C]1=[V])Cc1ccccc1. The second-order valence-corrected chi connectivity index (χ2v) is 14.7. The summed E-state index contributed by atoms with van der Waals surface area (Å²) in [6.45, 7) is 4.54. The van der Waals surface area contributed by atoms with Gasteiger partial charge in [-0.25, -0.2) is 0 Å². The van der Waals surface area contributed by atoms with Crippen LogP contribution >= 0.6 is 0 Å². The summed E-state index contributed by atoms with van der Waals surface area (Å²) in [5.41, 5.74) is 17.5. The molecule has 9 rings (SSSR count). The van der Waals surface area contributed by atoms with Gasteiger partial charge in [-0.1, -0.05) is 0 Å². The minimum atomic E-state index is 0.411. The van der Waals surface area contributed by atoms with Crippen molar-refractivity contribution in [3.05, 3.63) is 179 Å². The van der Waals surface area contributed by atoms with Crippen molar-refractivity contribution in [3.8, 4) is 22.3 Å². The molecule has 4 aliphatic carbocycles. The van der Waals surface area contributed by atoms with Crippen LogP contribution in [0.25, 0.3) is 22.3 Å². The van der Waals surface area contributed by atoms with Gasteiger partial charge in [-0.05, 0) is 0 Å². The van der Waals surface area contributed by atoms with E-state index in [0.29, 0.717) is 29.6 Å². The van der Waals surface area contributed by atoms with Crippen LogP contribution < -0.4 is 0 Å². The van der Waals surface area contributed by atoms with E-state index in [1.165, 1.54) is 73.6 Å². The predicted molar refractivity (Wildman–Crippen MR) is 188 cm³/mol. The van der Waals surface area contributed by atoms with Gasteiger partial charge in [-0.3, -0.25) is 0 Å². The van der Waals surface area contributed by atoms with Gasteiger partial charge in [0.15, 0.2) is 0 Å². The molecule has 1 fully saturated rings. The molecule has 4 aliphatic rings. The molecule has 0 heterocycles. The molecule has 0 aliphatic heterocycles. The monoisotopic (exact) mass is 629 g/mol. The molecule has 5 aromatic rings. The van der Waals surface area contributed by atoms with Crippen molar-refractivity contribution < 1.29 is 17.0 Å². The van der Waals surface area contributed by atoms with Gasteiger partial charge >= 0.3 is 284 Å². The molecule has 46 heavy (non-hydrogen) atoms.